The maximum Gasteiger partial charge on any atom is 0.334 e. The molecule has 30 heavy (non-hydrogen) atoms. The molecule has 0 spiro atoms. The number of methoxy groups -OCH3 is 1. The molecule has 6 heteroatoms. The summed E-state index contributed by atoms with van der Waals surface area (Å²) >= 11 is 6.40. The number of carbonyl (C=O) groups is 1. The van der Waals surface area contributed by atoms with Crippen LogP contribution < -0.4 is 0 Å². The Morgan fingerprint density at radius 1 is 1.27 bits per heavy atom. The van der Waals surface area contributed by atoms with Gasteiger partial charge in [0.05, 0.1) is 25.5 Å². The van der Waals surface area contributed by atoms with Crippen molar-refractivity contribution in [3.05, 3.63) is 81.8 Å². The van der Waals surface area contributed by atoms with E-state index in [2.05, 4.69) is 16.5 Å². The van der Waals surface area contributed by atoms with E-state index in [0.717, 1.165) is 42.1 Å². The van der Waals surface area contributed by atoms with Crippen molar-refractivity contribution in [2.75, 3.05) is 7.11 Å². The number of ether oxygens (including phenoxy) is 1. The number of carbonyl (C=O) groups excluding carboxylic acids is 1. The van der Waals surface area contributed by atoms with Crippen molar-refractivity contribution in [1.82, 2.24) is 9.55 Å². The van der Waals surface area contributed by atoms with Gasteiger partial charge in [-0.2, -0.15) is 0 Å². The fourth-order valence-electron chi connectivity index (χ4n) is 3.32. The van der Waals surface area contributed by atoms with Gasteiger partial charge in [-0.25, -0.2) is 9.78 Å². The minimum absolute atomic E-state index is 0.349. The number of esters is 1. The van der Waals surface area contributed by atoms with E-state index in [1.165, 1.54) is 7.11 Å². The predicted molar refractivity (Wildman–Crippen MR) is 119 cm³/mol. The van der Waals surface area contributed by atoms with Gasteiger partial charge in [-0.05, 0) is 43.2 Å². The lowest BCUT2D eigenvalue weighted by atomic mass is 10.1. The number of unbranched alkanes of at least 4 members (excludes halogenated alkanes) is 1. The molecule has 2 heterocycles. The number of rotatable bonds is 9. The van der Waals surface area contributed by atoms with E-state index in [1.807, 2.05) is 49.4 Å². The minimum atomic E-state index is -0.385. The Balaban J connectivity index is 2.00. The Labute approximate surface area is 182 Å². The van der Waals surface area contributed by atoms with Crippen LogP contribution in [-0.2, 0) is 28.9 Å². The van der Waals surface area contributed by atoms with E-state index in [-0.39, 0.29) is 5.97 Å². The van der Waals surface area contributed by atoms with Gasteiger partial charge in [0.25, 0.3) is 0 Å². The molecule has 158 valence electrons. The van der Waals surface area contributed by atoms with Crippen molar-refractivity contribution in [2.45, 2.75) is 46.1 Å². The predicted octanol–water partition coefficient (Wildman–Crippen LogP) is 5.63. The molecule has 0 unspecified atom stereocenters. The molecule has 0 aliphatic rings. The highest BCUT2D eigenvalue weighted by molar-refractivity contribution is 6.31. The highest BCUT2D eigenvalue weighted by atomic mass is 35.5. The average Bonchev–Trinajstić information content (AvgIpc) is 3.32. The lowest BCUT2D eigenvalue weighted by molar-refractivity contribution is -0.136. The molecule has 0 atom stereocenters. The Morgan fingerprint density at radius 2 is 2.07 bits per heavy atom. The van der Waals surface area contributed by atoms with Crippen LogP contribution in [0.5, 0.6) is 0 Å². The third-order valence-electron chi connectivity index (χ3n) is 4.94. The van der Waals surface area contributed by atoms with Crippen LogP contribution in [-0.4, -0.2) is 22.6 Å². The van der Waals surface area contributed by atoms with E-state index < -0.39 is 0 Å². The summed E-state index contributed by atoms with van der Waals surface area (Å²) in [6, 6.07) is 11.5. The fourth-order valence-corrected chi connectivity index (χ4v) is 3.51. The van der Waals surface area contributed by atoms with Crippen LogP contribution in [0.3, 0.4) is 0 Å². The van der Waals surface area contributed by atoms with Gasteiger partial charge in [0.15, 0.2) is 0 Å². The molecular weight excluding hydrogens is 400 g/mol. The molecule has 5 nitrogen and oxygen atoms in total. The second-order valence-electron chi connectivity index (χ2n) is 7.23. The van der Waals surface area contributed by atoms with Crippen molar-refractivity contribution in [3.8, 4) is 0 Å². The first-order valence-electron chi connectivity index (χ1n) is 10.1. The lowest BCUT2D eigenvalue weighted by Crippen LogP contribution is -2.10. The van der Waals surface area contributed by atoms with Crippen molar-refractivity contribution < 1.29 is 13.9 Å². The molecule has 0 fully saturated rings. The van der Waals surface area contributed by atoms with E-state index >= 15 is 0 Å². The van der Waals surface area contributed by atoms with Crippen LogP contribution in [0.2, 0.25) is 5.02 Å². The van der Waals surface area contributed by atoms with Crippen LogP contribution in [0.4, 0.5) is 0 Å². The molecular formula is C24H27ClN2O3. The smallest absolute Gasteiger partial charge is 0.334 e. The van der Waals surface area contributed by atoms with Crippen LogP contribution in [0.1, 0.15) is 48.4 Å². The van der Waals surface area contributed by atoms with Gasteiger partial charge in [-0.15, -0.1) is 0 Å². The molecule has 0 N–H and O–H groups in total. The van der Waals surface area contributed by atoms with Crippen LogP contribution in [0.25, 0.3) is 6.08 Å². The molecule has 2 aromatic heterocycles. The molecule has 3 rings (SSSR count). The second-order valence-corrected chi connectivity index (χ2v) is 7.64. The quantitative estimate of drug-likeness (QED) is 0.328. The average molecular weight is 427 g/mol. The molecule has 3 aromatic rings. The molecule has 0 radical (unpaired) electrons. The zero-order chi connectivity index (χ0) is 21.5. The Bertz CT molecular complexity index is 1030. The first-order chi connectivity index (χ1) is 14.5. The number of imidazole rings is 1. The molecule has 0 saturated heterocycles. The summed E-state index contributed by atoms with van der Waals surface area (Å²) in [4.78, 5) is 17.1. The Kier molecular flexibility index (Phi) is 7.52. The Hall–Kier alpha value is -2.79. The Morgan fingerprint density at radius 3 is 2.73 bits per heavy atom. The summed E-state index contributed by atoms with van der Waals surface area (Å²) in [5.41, 5.74) is 2.35. The summed E-state index contributed by atoms with van der Waals surface area (Å²) in [6.45, 7) is 4.62. The lowest BCUT2D eigenvalue weighted by Gasteiger charge is -2.13. The number of hydrogen-bond acceptors (Lipinski definition) is 4. The third kappa shape index (κ3) is 5.42. The molecule has 0 amide bonds. The SMILES string of the molecule is CCCCc1ncc(C=C(Cc2ccc(C)o2)C(=O)OC)n1Cc1ccccc1Cl. The van der Waals surface area contributed by atoms with Gasteiger partial charge in [-0.3, -0.25) is 0 Å². The van der Waals surface area contributed by atoms with Crippen molar-refractivity contribution >= 4 is 23.6 Å². The number of benzene rings is 1. The van der Waals surface area contributed by atoms with Gasteiger partial charge in [0, 0.05) is 23.4 Å². The van der Waals surface area contributed by atoms with Crippen LogP contribution in [0, 0.1) is 6.92 Å². The summed E-state index contributed by atoms with van der Waals surface area (Å²) in [6.07, 6.45) is 6.97. The highest BCUT2D eigenvalue weighted by Gasteiger charge is 2.16. The summed E-state index contributed by atoms with van der Waals surface area (Å²) in [5, 5.41) is 0.710. The van der Waals surface area contributed by atoms with Gasteiger partial charge >= 0.3 is 5.97 Å². The minimum Gasteiger partial charge on any atom is -0.466 e. The standard InChI is InChI=1S/C24H27ClN2O3/c1-4-5-10-23-26-15-20(27(23)16-18-8-6-7-9-22(18)25)13-19(24(28)29-3)14-21-12-11-17(2)30-21/h6-9,11-13,15H,4-5,10,14,16H2,1-3H3. The van der Waals surface area contributed by atoms with E-state index in [4.69, 9.17) is 20.8 Å². The number of nitrogens with zero attached hydrogens (tertiary/aromatic N) is 2. The number of halogens is 1. The first-order valence-corrected chi connectivity index (χ1v) is 10.5. The van der Waals surface area contributed by atoms with E-state index in [9.17, 15) is 4.79 Å². The van der Waals surface area contributed by atoms with Crippen molar-refractivity contribution in [3.63, 3.8) is 0 Å². The van der Waals surface area contributed by atoms with Gasteiger partial charge in [0.2, 0.25) is 0 Å². The van der Waals surface area contributed by atoms with Gasteiger partial charge in [0.1, 0.15) is 17.3 Å². The number of aryl methyl sites for hydroxylation is 2. The van der Waals surface area contributed by atoms with Gasteiger partial charge in [-0.1, -0.05) is 43.1 Å². The molecule has 0 aliphatic carbocycles. The summed E-state index contributed by atoms with van der Waals surface area (Å²) in [7, 11) is 1.39. The topological polar surface area (TPSA) is 57.3 Å². The van der Waals surface area contributed by atoms with Crippen molar-refractivity contribution in [1.29, 1.82) is 0 Å². The molecule has 0 aliphatic heterocycles. The maximum absolute atomic E-state index is 12.4. The van der Waals surface area contributed by atoms with Crippen molar-refractivity contribution in [2.24, 2.45) is 0 Å². The van der Waals surface area contributed by atoms with Crippen LogP contribution >= 0.6 is 11.6 Å². The first kappa shape index (κ1) is 21.9. The molecule has 1 aromatic carbocycles. The fraction of sp³-hybridized carbons (Fsp3) is 0.333. The normalized spacial score (nSPS) is 11.7. The zero-order valence-corrected chi connectivity index (χ0v) is 18.4. The second kappa shape index (κ2) is 10.3. The largest absolute Gasteiger partial charge is 0.466 e. The maximum atomic E-state index is 12.4. The molecule has 0 bridgehead atoms. The summed E-state index contributed by atoms with van der Waals surface area (Å²) < 4.78 is 12.8. The number of furan rings is 1. The van der Waals surface area contributed by atoms with Crippen LogP contribution in [0.15, 0.2) is 52.6 Å². The van der Waals surface area contributed by atoms with E-state index in [1.54, 1.807) is 6.20 Å². The monoisotopic (exact) mass is 426 g/mol. The number of hydrogen-bond donors (Lipinski definition) is 0. The van der Waals surface area contributed by atoms with Gasteiger partial charge < -0.3 is 13.7 Å². The summed E-state index contributed by atoms with van der Waals surface area (Å²) in [5.74, 6) is 2.11. The highest BCUT2D eigenvalue weighted by Crippen LogP contribution is 2.22. The zero-order valence-electron chi connectivity index (χ0n) is 17.7. The number of aromatic nitrogens is 2. The molecule has 0 saturated carbocycles. The third-order valence-corrected chi connectivity index (χ3v) is 5.31. The van der Waals surface area contributed by atoms with E-state index in [0.29, 0.717) is 29.3 Å².